The maximum absolute atomic E-state index is 12.2. The van der Waals surface area contributed by atoms with Crippen LogP contribution in [0.3, 0.4) is 0 Å². The Morgan fingerprint density at radius 3 is 2.96 bits per heavy atom. The Balaban J connectivity index is 1.71. The molecule has 1 amide bonds. The summed E-state index contributed by atoms with van der Waals surface area (Å²) in [7, 11) is 0. The van der Waals surface area contributed by atoms with Crippen molar-refractivity contribution in [3.8, 4) is 17.2 Å². The highest BCUT2D eigenvalue weighted by Crippen LogP contribution is 2.40. The van der Waals surface area contributed by atoms with E-state index in [9.17, 15) is 14.7 Å². The highest BCUT2D eigenvalue weighted by Gasteiger charge is 2.34. The largest absolute Gasteiger partial charge is 0.507 e. The number of benzene rings is 1. The lowest BCUT2D eigenvalue weighted by Gasteiger charge is -2.32. The van der Waals surface area contributed by atoms with E-state index >= 15 is 0 Å². The molecule has 0 aliphatic carbocycles. The number of fused-ring (bicyclic) bond motifs is 1. The molecule has 0 fully saturated rings. The summed E-state index contributed by atoms with van der Waals surface area (Å²) >= 11 is 0. The minimum Gasteiger partial charge on any atom is -0.507 e. The molecule has 3 rings (SSSR count). The number of Topliss-reactive ketones (excluding diaryl/α,β-unsaturated/α-hetero) is 1. The Morgan fingerprint density at radius 2 is 2.24 bits per heavy atom. The predicted octanol–water partition coefficient (Wildman–Crippen LogP) is 2.55. The number of aromatic nitrogens is 1. The van der Waals surface area contributed by atoms with Crippen molar-refractivity contribution in [3.05, 3.63) is 42.2 Å². The molecule has 0 saturated heterocycles. The van der Waals surface area contributed by atoms with Gasteiger partial charge in [0.2, 0.25) is 0 Å². The average molecular weight is 342 g/mol. The predicted molar refractivity (Wildman–Crippen MR) is 90.1 cm³/mol. The summed E-state index contributed by atoms with van der Waals surface area (Å²) < 4.78 is 11.2. The van der Waals surface area contributed by atoms with Gasteiger partial charge >= 0.3 is 0 Å². The monoisotopic (exact) mass is 342 g/mol. The Bertz CT molecular complexity index is 818. The summed E-state index contributed by atoms with van der Waals surface area (Å²) in [6.45, 7) is 3.32. The summed E-state index contributed by atoms with van der Waals surface area (Å²) in [6, 6.07) is 6.21. The van der Waals surface area contributed by atoms with Crippen LogP contribution in [0.25, 0.3) is 0 Å². The van der Waals surface area contributed by atoms with Gasteiger partial charge in [0.25, 0.3) is 5.91 Å². The summed E-state index contributed by atoms with van der Waals surface area (Å²) in [5, 5.41) is 12.7. The molecule has 25 heavy (non-hydrogen) atoms. The minimum atomic E-state index is -0.660. The molecule has 0 atom stereocenters. The van der Waals surface area contributed by atoms with Crippen molar-refractivity contribution in [2.75, 3.05) is 11.9 Å². The molecule has 0 saturated carbocycles. The molecule has 1 aromatic carbocycles. The third-order valence-corrected chi connectivity index (χ3v) is 3.62. The van der Waals surface area contributed by atoms with Crippen LogP contribution in [0, 0.1) is 0 Å². The van der Waals surface area contributed by atoms with E-state index in [-0.39, 0.29) is 47.5 Å². The van der Waals surface area contributed by atoms with Gasteiger partial charge in [-0.2, -0.15) is 0 Å². The maximum atomic E-state index is 12.2. The van der Waals surface area contributed by atoms with E-state index in [1.807, 2.05) is 0 Å². The van der Waals surface area contributed by atoms with Gasteiger partial charge in [-0.25, -0.2) is 0 Å². The van der Waals surface area contributed by atoms with Crippen LogP contribution in [0.5, 0.6) is 17.2 Å². The quantitative estimate of drug-likeness (QED) is 0.886. The van der Waals surface area contributed by atoms with Crippen molar-refractivity contribution < 1.29 is 24.2 Å². The van der Waals surface area contributed by atoms with Gasteiger partial charge in [-0.1, -0.05) is 0 Å². The molecule has 130 valence electrons. The number of hydrogen-bond donors (Lipinski definition) is 2. The Kier molecular flexibility index (Phi) is 4.31. The fraction of sp³-hybridized carbons (Fsp3) is 0.278. The van der Waals surface area contributed by atoms with Gasteiger partial charge in [-0.3, -0.25) is 14.6 Å². The van der Waals surface area contributed by atoms with Crippen LogP contribution in [0.1, 0.15) is 30.6 Å². The topological polar surface area (TPSA) is 97.8 Å². The number of anilines is 1. The third-order valence-electron chi connectivity index (χ3n) is 3.62. The lowest BCUT2D eigenvalue weighted by Crippen LogP contribution is -2.35. The molecule has 7 nitrogen and oxygen atoms in total. The number of ether oxygens (including phenoxy) is 2. The van der Waals surface area contributed by atoms with Crippen molar-refractivity contribution in [1.82, 2.24) is 4.98 Å². The molecule has 0 bridgehead atoms. The number of hydrogen-bond acceptors (Lipinski definition) is 6. The molecule has 1 aliphatic heterocycles. The van der Waals surface area contributed by atoms with E-state index in [2.05, 4.69) is 10.3 Å². The molecule has 2 heterocycles. The summed E-state index contributed by atoms with van der Waals surface area (Å²) in [5.74, 6) is -0.292. The summed E-state index contributed by atoms with van der Waals surface area (Å²) in [5.41, 5.74) is 0.0406. The second kappa shape index (κ2) is 6.43. The molecule has 0 spiro atoms. The zero-order valence-corrected chi connectivity index (χ0v) is 13.9. The van der Waals surface area contributed by atoms with E-state index in [1.54, 1.807) is 32.2 Å². The molecule has 7 heteroatoms. The fourth-order valence-corrected chi connectivity index (χ4v) is 2.61. The number of pyridine rings is 1. The van der Waals surface area contributed by atoms with Crippen molar-refractivity contribution >= 4 is 17.4 Å². The number of rotatable bonds is 4. The zero-order chi connectivity index (χ0) is 18.0. The Hall–Kier alpha value is -3.09. The van der Waals surface area contributed by atoms with Gasteiger partial charge in [0.15, 0.2) is 12.4 Å². The molecule has 2 N–H and O–H groups in total. The first-order valence-corrected chi connectivity index (χ1v) is 7.76. The number of carbonyl (C=O) groups excluding carboxylic acids is 2. The molecule has 0 radical (unpaired) electrons. The first-order chi connectivity index (χ1) is 11.8. The maximum Gasteiger partial charge on any atom is 0.262 e. The lowest BCUT2D eigenvalue weighted by molar-refractivity contribution is -0.118. The first-order valence-electron chi connectivity index (χ1n) is 7.76. The van der Waals surface area contributed by atoms with Crippen molar-refractivity contribution in [2.24, 2.45) is 0 Å². The summed E-state index contributed by atoms with van der Waals surface area (Å²) in [6.07, 6.45) is 3.30. The van der Waals surface area contributed by atoms with Crippen LogP contribution in [0.2, 0.25) is 0 Å². The van der Waals surface area contributed by atoms with Gasteiger partial charge in [0, 0.05) is 18.3 Å². The highest BCUT2D eigenvalue weighted by molar-refractivity contribution is 6.03. The van der Waals surface area contributed by atoms with Crippen LogP contribution in [-0.2, 0) is 4.79 Å². The second-order valence-corrected chi connectivity index (χ2v) is 6.36. The first kappa shape index (κ1) is 16.8. The van der Waals surface area contributed by atoms with Crippen LogP contribution in [0.4, 0.5) is 5.69 Å². The van der Waals surface area contributed by atoms with Crippen LogP contribution in [-0.4, -0.2) is 34.0 Å². The minimum absolute atomic E-state index is 0.145. The standard InChI is InChI=1S/C18H18N2O5/c1-18(2)8-14(22)17-13(21)6-12(7-15(17)25-18)24-10-16(23)20-11-4-3-5-19-9-11/h3-7,9,21H,8,10H2,1-2H3,(H,20,23). The number of phenols is 1. The van der Waals surface area contributed by atoms with Gasteiger partial charge in [-0.05, 0) is 26.0 Å². The van der Waals surface area contributed by atoms with Gasteiger partial charge in [0.1, 0.15) is 28.4 Å². The SMILES string of the molecule is CC1(C)CC(=O)c2c(O)cc(OCC(=O)Nc3cccnc3)cc2O1. The van der Waals surface area contributed by atoms with Gasteiger partial charge in [0.05, 0.1) is 18.3 Å². The van der Waals surface area contributed by atoms with E-state index in [0.29, 0.717) is 5.69 Å². The number of carbonyl (C=O) groups is 2. The Morgan fingerprint density at radius 1 is 1.44 bits per heavy atom. The zero-order valence-electron chi connectivity index (χ0n) is 13.9. The van der Waals surface area contributed by atoms with Crippen LogP contribution in [0.15, 0.2) is 36.7 Å². The van der Waals surface area contributed by atoms with Crippen LogP contribution >= 0.6 is 0 Å². The fourth-order valence-electron chi connectivity index (χ4n) is 2.61. The van der Waals surface area contributed by atoms with Gasteiger partial charge < -0.3 is 19.9 Å². The molecular formula is C18H18N2O5. The van der Waals surface area contributed by atoms with Crippen molar-refractivity contribution in [2.45, 2.75) is 25.9 Å². The molecule has 1 aromatic heterocycles. The number of nitrogens with one attached hydrogen (secondary N) is 1. The smallest absolute Gasteiger partial charge is 0.262 e. The Labute approximate surface area is 144 Å². The van der Waals surface area contributed by atoms with Crippen molar-refractivity contribution in [1.29, 1.82) is 0 Å². The van der Waals surface area contributed by atoms with Crippen molar-refractivity contribution in [3.63, 3.8) is 0 Å². The second-order valence-electron chi connectivity index (χ2n) is 6.36. The van der Waals surface area contributed by atoms with E-state index in [1.165, 1.54) is 18.3 Å². The number of aromatic hydroxyl groups is 1. The number of ketones is 1. The molecule has 2 aromatic rings. The number of nitrogens with zero attached hydrogens (tertiary/aromatic N) is 1. The molecule has 0 unspecified atom stereocenters. The number of amides is 1. The van der Waals surface area contributed by atoms with Crippen LogP contribution < -0.4 is 14.8 Å². The molecular weight excluding hydrogens is 324 g/mol. The summed E-state index contributed by atoms with van der Waals surface area (Å²) in [4.78, 5) is 28.0. The van der Waals surface area contributed by atoms with E-state index in [0.717, 1.165) is 0 Å². The average Bonchev–Trinajstić information content (AvgIpc) is 2.52. The van der Waals surface area contributed by atoms with E-state index in [4.69, 9.17) is 9.47 Å². The van der Waals surface area contributed by atoms with Gasteiger partial charge in [-0.15, -0.1) is 0 Å². The number of phenolic OH excluding ortho intramolecular Hbond substituents is 1. The lowest BCUT2D eigenvalue weighted by atomic mass is 9.92. The van der Waals surface area contributed by atoms with E-state index < -0.39 is 5.60 Å². The normalized spacial score (nSPS) is 15.0. The molecule has 1 aliphatic rings. The third kappa shape index (κ3) is 3.88. The highest BCUT2D eigenvalue weighted by atomic mass is 16.5.